The Labute approximate surface area is 226 Å². The van der Waals surface area contributed by atoms with Crippen LogP contribution in [0.1, 0.15) is 76.6 Å². The number of hydrogen-bond acceptors (Lipinski definition) is 7. The first-order chi connectivity index (χ1) is 18.0. The van der Waals surface area contributed by atoms with Crippen LogP contribution in [0.15, 0.2) is 52.4 Å². The summed E-state index contributed by atoms with van der Waals surface area (Å²) < 4.78 is 26.2. The number of sulfone groups is 1. The summed E-state index contributed by atoms with van der Waals surface area (Å²) in [6.07, 6.45) is 5.05. The highest BCUT2D eigenvalue weighted by atomic mass is 32.2. The number of anilines is 3. The van der Waals surface area contributed by atoms with E-state index in [1.807, 2.05) is 13.8 Å². The molecule has 2 heterocycles. The third kappa shape index (κ3) is 6.38. The highest BCUT2D eigenvalue weighted by molar-refractivity contribution is 7.92. The Morgan fingerprint density at radius 3 is 2.42 bits per heavy atom. The van der Waals surface area contributed by atoms with Gasteiger partial charge in [0, 0.05) is 18.8 Å². The predicted octanol–water partition coefficient (Wildman–Crippen LogP) is 5.17. The zero-order chi connectivity index (χ0) is 27.5. The fraction of sp³-hybridized carbons (Fsp3) is 0.517. The molecular formula is C29H40N4O4S. The molecular weight excluding hydrogens is 500 g/mol. The van der Waals surface area contributed by atoms with Crippen molar-refractivity contribution in [3.05, 3.63) is 53.1 Å². The number of carbonyl (C=O) groups excluding carboxylic acids is 1. The van der Waals surface area contributed by atoms with Gasteiger partial charge in [0.2, 0.25) is 0 Å². The van der Waals surface area contributed by atoms with E-state index in [2.05, 4.69) is 29.4 Å². The standard InChI is InChI=1S/C29H40N4O4S/c1-20(2)21-14-16-33(17-15-21)27-25(12-13-26(31-27)32-29(3,4)19-34)28(35)30-22-8-7-11-24(18-22)38(36,37)23-9-5-6-10-23/h7-8,11-13,18,23,34H,5-6,9-10,14-17,19H2,1-4H3,(H,30,35)(H,31,32). The van der Waals surface area contributed by atoms with Gasteiger partial charge in [-0.05, 0) is 83.7 Å². The van der Waals surface area contributed by atoms with Gasteiger partial charge in [0.05, 0.1) is 27.9 Å². The van der Waals surface area contributed by atoms with Gasteiger partial charge in [-0.2, -0.15) is 0 Å². The minimum absolute atomic E-state index is 0.0694. The number of nitrogens with zero attached hydrogens (tertiary/aromatic N) is 2. The molecule has 0 bridgehead atoms. The van der Waals surface area contributed by atoms with Crippen LogP contribution in [-0.4, -0.2) is 54.9 Å². The minimum Gasteiger partial charge on any atom is -0.394 e. The Morgan fingerprint density at radius 1 is 1.11 bits per heavy atom. The van der Waals surface area contributed by atoms with E-state index in [0.29, 0.717) is 35.7 Å². The summed E-state index contributed by atoms with van der Waals surface area (Å²) in [5.74, 6) is 0.806. The summed E-state index contributed by atoms with van der Waals surface area (Å²) in [4.78, 5) is 20.7. The molecule has 1 aliphatic carbocycles. The van der Waals surface area contributed by atoms with Crippen LogP contribution in [0.25, 0.3) is 0 Å². The van der Waals surface area contributed by atoms with Gasteiger partial charge in [0.1, 0.15) is 11.6 Å². The third-order valence-electron chi connectivity index (χ3n) is 7.52. The number of carbonyl (C=O) groups is 1. The van der Waals surface area contributed by atoms with Gasteiger partial charge < -0.3 is 20.6 Å². The molecule has 8 nitrogen and oxygen atoms in total. The lowest BCUT2D eigenvalue weighted by molar-refractivity contribution is 0.102. The number of nitrogens with one attached hydrogen (secondary N) is 2. The van der Waals surface area contributed by atoms with Gasteiger partial charge >= 0.3 is 0 Å². The molecule has 1 saturated heterocycles. The zero-order valence-electron chi connectivity index (χ0n) is 22.9. The number of amides is 1. The predicted molar refractivity (Wildman–Crippen MR) is 153 cm³/mol. The maximum Gasteiger partial charge on any atom is 0.259 e. The lowest BCUT2D eigenvalue weighted by Gasteiger charge is -2.32. The van der Waals surface area contributed by atoms with E-state index in [4.69, 9.17) is 4.98 Å². The number of hydrogen-bond donors (Lipinski definition) is 3. The first-order valence-electron chi connectivity index (χ1n) is 13.5. The van der Waals surface area contributed by atoms with E-state index in [1.54, 1.807) is 36.4 Å². The fourth-order valence-electron chi connectivity index (χ4n) is 5.15. The summed E-state index contributed by atoms with van der Waals surface area (Å²) in [6, 6.07) is 10.0. The molecule has 2 fully saturated rings. The Kier molecular flexibility index (Phi) is 8.47. The molecule has 0 spiro atoms. The van der Waals surface area contributed by atoms with Gasteiger partial charge in [0.15, 0.2) is 9.84 Å². The van der Waals surface area contributed by atoms with E-state index < -0.39 is 15.4 Å². The second-order valence-electron chi connectivity index (χ2n) is 11.3. The maximum atomic E-state index is 13.5. The van der Waals surface area contributed by atoms with Gasteiger partial charge in [-0.15, -0.1) is 0 Å². The highest BCUT2D eigenvalue weighted by Crippen LogP contribution is 2.32. The van der Waals surface area contributed by atoms with Crippen LogP contribution >= 0.6 is 0 Å². The van der Waals surface area contributed by atoms with Crippen molar-refractivity contribution >= 4 is 33.1 Å². The van der Waals surface area contributed by atoms with Crippen molar-refractivity contribution in [2.75, 3.05) is 35.2 Å². The van der Waals surface area contributed by atoms with Gasteiger partial charge in [-0.1, -0.05) is 30.1 Å². The largest absolute Gasteiger partial charge is 0.394 e. The van der Waals surface area contributed by atoms with Crippen LogP contribution < -0.4 is 15.5 Å². The average Bonchev–Trinajstić information content (AvgIpc) is 3.45. The van der Waals surface area contributed by atoms with Crippen molar-refractivity contribution in [2.24, 2.45) is 0 Å². The number of allylic oxidation sites excluding steroid dienone is 1. The Morgan fingerprint density at radius 2 is 1.79 bits per heavy atom. The summed E-state index contributed by atoms with van der Waals surface area (Å²) in [7, 11) is -3.43. The van der Waals surface area contributed by atoms with Crippen LogP contribution in [0.3, 0.4) is 0 Å². The molecule has 1 aromatic heterocycles. The number of aliphatic hydroxyl groups excluding tert-OH is 1. The SMILES string of the molecule is CC(C)=C1CCN(c2nc(NC(C)(C)CO)ccc2C(=O)Nc2cccc(S(=O)(=O)C3CCCC3)c2)CC1. The average molecular weight is 541 g/mol. The lowest BCUT2D eigenvalue weighted by Crippen LogP contribution is -2.36. The van der Waals surface area contributed by atoms with Gasteiger partial charge in [0.25, 0.3) is 5.91 Å². The number of pyridine rings is 1. The quantitative estimate of drug-likeness (QED) is 0.396. The molecule has 3 N–H and O–H groups in total. The van der Waals surface area contributed by atoms with Crippen LogP contribution in [0.5, 0.6) is 0 Å². The highest BCUT2D eigenvalue weighted by Gasteiger charge is 2.30. The summed E-state index contributed by atoms with van der Waals surface area (Å²) in [5.41, 5.74) is 3.05. The summed E-state index contributed by atoms with van der Waals surface area (Å²) in [5, 5.41) is 15.5. The molecule has 1 aliphatic heterocycles. The van der Waals surface area contributed by atoms with E-state index >= 15 is 0 Å². The molecule has 9 heteroatoms. The number of aromatic nitrogens is 1. The number of aliphatic hydroxyl groups is 1. The van der Waals surface area contributed by atoms with Crippen molar-refractivity contribution in [2.45, 2.75) is 81.9 Å². The normalized spacial score (nSPS) is 17.0. The Balaban J connectivity index is 1.61. The molecule has 2 aliphatic rings. The molecule has 1 aromatic carbocycles. The topological polar surface area (TPSA) is 112 Å². The van der Waals surface area contributed by atoms with E-state index in [9.17, 15) is 18.3 Å². The van der Waals surface area contributed by atoms with Gasteiger partial charge in [-0.25, -0.2) is 13.4 Å². The lowest BCUT2D eigenvalue weighted by atomic mass is 9.99. The Bertz CT molecular complexity index is 1300. The van der Waals surface area contributed by atoms with Crippen LogP contribution in [0, 0.1) is 0 Å². The van der Waals surface area contributed by atoms with Crippen molar-refractivity contribution in [1.82, 2.24) is 4.98 Å². The molecule has 38 heavy (non-hydrogen) atoms. The van der Waals surface area contributed by atoms with Crippen LogP contribution in [0.2, 0.25) is 0 Å². The first-order valence-corrected chi connectivity index (χ1v) is 15.0. The molecule has 206 valence electrons. The van der Waals surface area contributed by atoms with Crippen LogP contribution in [0.4, 0.5) is 17.3 Å². The van der Waals surface area contributed by atoms with E-state index in [1.165, 1.54) is 11.1 Å². The first kappa shape index (κ1) is 28.1. The number of rotatable bonds is 8. The second-order valence-corrected chi connectivity index (χ2v) is 13.5. The molecule has 0 unspecified atom stereocenters. The van der Waals surface area contributed by atoms with E-state index in [-0.39, 0.29) is 22.7 Å². The molecule has 0 atom stereocenters. The summed E-state index contributed by atoms with van der Waals surface area (Å²) >= 11 is 0. The van der Waals surface area contributed by atoms with Crippen molar-refractivity contribution in [3.8, 4) is 0 Å². The van der Waals surface area contributed by atoms with Crippen molar-refractivity contribution in [1.29, 1.82) is 0 Å². The number of benzene rings is 1. The van der Waals surface area contributed by atoms with E-state index in [0.717, 1.165) is 38.8 Å². The summed E-state index contributed by atoms with van der Waals surface area (Å²) in [6.45, 7) is 9.44. The molecule has 1 saturated carbocycles. The zero-order valence-corrected chi connectivity index (χ0v) is 23.7. The smallest absolute Gasteiger partial charge is 0.259 e. The molecule has 1 amide bonds. The second kappa shape index (κ2) is 11.5. The molecule has 2 aromatic rings. The number of piperidine rings is 1. The van der Waals surface area contributed by atoms with Crippen molar-refractivity contribution in [3.63, 3.8) is 0 Å². The van der Waals surface area contributed by atoms with Crippen molar-refractivity contribution < 1.29 is 18.3 Å². The van der Waals surface area contributed by atoms with Gasteiger partial charge in [-0.3, -0.25) is 4.79 Å². The monoisotopic (exact) mass is 540 g/mol. The Hall–Kier alpha value is -2.91. The van der Waals surface area contributed by atoms with Crippen LogP contribution in [-0.2, 0) is 9.84 Å². The third-order valence-corrected chi connectivity index (χ3v) is 9.78. The molecule has 0 radical (unpaired) electrons. The maximum absolute atomic E-state index is 13.5. The fourth-order valence-corrected chi connectivity index (χ4v) is 7.05. The minimum atomic E-state index is -3.43. The molecule has 4 rings (SSSR count).